The van der Waals surface area contributed by atoms with Crippen molar-refractivity contribution in [2.45, 2.75) is 0 Å². The van der Waals surface area contributed by atoms with Crippen molar-refractivity contribution in [3.8, 4) is 50.6 Å². The minimum atomic E-state index is 0.768. The van der Waals surface area contributed by atoms with Crippen LogP contribution in [0.25, 0.3) is 103 Å². The number of rotatable bonds is 3. The predicted octanol–water partition coefficient (Wildman–Crippen LogP) is 12.1. The molecule has 0 radical (unpaired) electrons. The van der Waals surface area contributed by atoms with Crippen LogP contribution in [0, 0.1) is 0 Å². The number of thiophene rings is 1. The Kier molecular flexibility index (Phi) is 5.26. The largest absolute Gasteiger partial charge is 0.309 e. The van der Waals surface area contributed by atoms with Gasteiger partial charge in [-0.15, -0.1) is 11.3 Å². The van der Waals surface area contributed by atoms with E-state index in [0.717, 1.165) is 28.0 Å². The fourth-order valence-corrected chi connectivity index (χ4v) is 8.83. The number of benzene rings is 7. The van der Waals surface area contributed by atoms with Gasteiger partial charge in [0.25, 0.3) is 0 Å². The van der Waals surface area contributed by atoms with Crippen LogP contribution in [-0.4, -0.2) is 14.5 Å². The molecule has 0 unspecified atom stereocenters. The van der Waals surface area contributed by atoms with Crippen LogP contribution >= 0.6 is 11.3 Å². The Morgan fingerprint density at radius 2 is 1.08 bits per heavy atom. The van der Waals surface area contributed by atoms with E-state index in [9.17, 15) is 0 Å². The lowest BCUT2D eigenvalue weighted by Crippen LogP contribution is -1.93. The number of hydrogen-bond donors (Lipinski definition) is 0. The van der Waals surface area contributed by atoms with E-state index in [1.807, 2.05) is 11.3 Å². The third-order valence-electron chi connectivity index (χ3n) is 9.94. The van der Waals surface area contributed by atoms with E-state index < -0.39 is 0 Å². The Hall–Kier alpha value is -6.10. The average molecular weight is 628 g/mol. The van der Waals surface area contributed by atoms with Crippen LogP contribution in [0.2, 0.25) is 0 Å². The Labute approximate surface area is 280 Å². The molecule has 0 atom stereocenters. The standard InChI is InChI=1S/C44H25N3S/c1-2-9-29(10-3-1)47-38-16-7-6-12-31(38)34-23-26(17-20-39(34)47)27-18-21-40-35(24-27)36-25-28(19-22-41(36)48-40)44-45-37-15-8-14-32-30-11-4-5-13-33(30)43(46-44)42(32)37/h1-25H. The summed E-state index contributed by atoms with van der Waals surface area (Å²) >= 11 is 1.84. The summed E-state index contributed by atoms with van der Waals surface area (Å²) in [5.41, 5.74) is 12.7. The second-order valence-electron chi connectivity index (χ2n) is 12.6. The van der Waals surface area contributed by atoms with Crippen molar-refractivity contribution >= 4 is 64.2 Å². The van der Waals surface area contributed by atoms with Crippen molar-refractivity contribution in [2.75, 3.05) is 0 Å². The second-order valence-corrected chi connectivity index (χ2v) is 13.7. The smallest absolute Gasteiger partial charge is 0.160 e. The Morgan fingerprint density at radius 3 is 1.94 bits per heavy atom. The molecule has 0 aliphatic heterocycles. The molecule has 10 aromatic rings. The molecule has 11 rings (SSSR count). The second kappa shape index (κ2) is 9.71. The van der Waals surface area contributed by atoms with Crippen LogP contribution in [-0.2, 0) is 0 Å². The lowest BCUT2D eigenvalue weighted by atomic mass is 10.00. The first-order valence-corrected chi connectivity index (χ1v) is 17.1. The molecule has 0 saturated carbocycles. The maximum absolute atomic E-state index is 5.19. The van der Waals surface area contributed by atoms with Crippen molar-refractivity contribution in [1.29, 1.82) is 0 Å². The SMILES string of the molecule is c1ccc(-n2c3ccccc3c3cc(-c4ccc5sc6ccc(-c7nc8c9c(cccc9n7)-c7ccccc7-8)cc6c5c4)ccc32)cc1. The van der Waals surface area contributed by atoms with Crippen molar-refractivity contribution < 1.29 is 0 Å². The molecule has 4 heteroatoms. The highest BCUT2D eigenvalue weighted by Gasteiger charge is 2.24. The van der Waals surface area contributed by atoms with E-state index in [-0.39, 0.29) is 0 Å². The Bertz CT molecular complexity index is 2950. The molecule has 3 heterocycles. The van der Waals surface area contributed by atoms with Gasteiger partial charge in [0.1, 0.15) is 0 Å². The van der Waals surface area contributed by atoms with Crippen molar-refractivity contribution in [2.24, 2.45) is 0 Å². The monoisotopic (exact) mass is 627 g/mol. The van der Waals surface area contributed by atoms with Gasteiger partial charge < -0.3 is 4.57 Å². The molecule has 222 valence electrons. The fourth-order valence-electron chi connectivity index (χ4n) is 7.76. The van der Waals surface area contributed by atoms with Crippen LogP contribution < -0.4 is 0 Å². The van der Waals surface area contributed by atoms with Gasteiger partial charge in [-0.3, -0.25) is 0 Å². The van der Waals surface area contributed by atoms with Gasteiger partial charge in [-0.2, -0.15) is 0 Å². The quantitative estimate of drug-likeness (QED) is 0.195. The molecule has 7 aromatic carbocycles. The first kappa shape index (κ1) is 26.0. The molecule has 3 nitrogen and oxygen atoms in total. The molecule has 0 amide bonds. The summed E-state index contributed by atoms with van der Waals surface area (Å²) in [4.78, 5) is 10.3. The van der Waals surface area contributed by atoms with Crippen molar-refractivity contribution in [3.05, 3.63) is 152 Å². The minimum Gasteiger partial charge on any atom is -0.309 e. The zero-order valence-electron chi connectivity index (χ0n) is 25.7. The number of nitrogens with zero attached hydrogens (tertiary/aromatic N) is 3. The Morgan fingerprint density at radius 1 is 0.438 bits per heavy atom. The van der Waals surface area contributed by atoms with Crippen LogP contribution in [0.15, 0.2) is 152 Å². The molecule has 1 aliphatic rings. The molecule has 0 spiro atoms. The van der Waals surface area contributed by atoms with Crippen LogP contribution in [0.1, 0.15) is 0 Å². The van der Waals surface area contributed by atoms with Gasteiger partial charge >= 0.3 is 0 Å². The third-order valence-corrected chi connectivity index (χ3v) is 11.1. The van der Waals surface area contributed by atoms with Crippen LogP contribution in [0.3, 0.4) is 0 Å². The lowest BCUT2D eigenvalue weighted by Gasteiger charge is -2.08. The van der Waals surface area contributed by atoms with E-state index in [2.05, 4.69) is 156 Å². The minimum absolute atomic E-state index is 0.768. The fraction of sp³-hybridized carbons (Fsp3) is 0. The molecule has 0 saturated heterocycles. The van der Waals surface area contributed by atoms with E-state index in [1.165, 1.54) is 75.5 Å². The summed E-state index contributed by atoms with van der Waals surface area (Å²) in [6.07, 6.45) is 0. The zero-order valence-corrected chi connectivity index (χ0v) is 26.5. The number of fused-ring (bicyclic) bond motifs is 9. The average Bonchev–Trinajstić information content (AvgIpc) is 3.80. The topological polar surface area (TPSA) is 30.7 Å². The number of hydrogen-bond acceptors (Lipinski definition) is 3. The van der Waals surface area contributed by atoms with E-state index >= 15 is 0 Å². The summed E-state index contributed by atoms with van der Waals surface area (Å²) in [5.74, 6) is 0.768. The van der Waals surface area contributed by atoms with Crippen LogP contribution in [0.5, 0.6) is 0 Å². The predicted molar refractivity (Wildman–Crippen MR) is 202 cm³/mol. The lowest BCUT2D eigenvalue weighted by molar-refractivity contribution is 1.18. The van der Waals surface area contributed by atoms with E-state index in [4.69, 9.17) is 9.97 Å². The van der Waals surface area contributed by atoms with E-state index in [0.29, 0.717) is 0 Å². The van der Waals surface area contributed by atoms with Crippen molar-refractivity contribution in [1.82, 2.24) is 14.5 Å². The highest BCUT2D eigenvalue weighted by molar-refractivity contribution is 7.25. The molecule has 0 bridgehead atoms. The summed E-state index contributed by atoms with van der Waals surface area (Å²) in [5, 5.41) is 6.18. The highest BCUT2D eigenvalue weighted by atomic mass is 32.1. The van der Waals surface area contributed by atoms with Crippen LogP contribution in [0.4, 0.5) is 0 Å². The highest BCUT2D eigenvalue weighted by Crippen LogP contribution is 2.46. The summed E-state index contributed by atoms with van der Waals surface area (Å²) in [6.45, 7) is 0. The number of para-hydroxylation sites is 2. The molecular formula is C44H25N3S. The van der Waals surface area contributed by atoms with Gasteiger partial charge in [-0.1, -0.05) is 84.9 Å². The first-order chi connectivity index (χ1) is 23.8. The summed E-state index contributed by atoms with van der Waals surface area (Å²) in [7, 11) is 0. The van der Waals surface area contributed by atoms with Gasteiger partial charge in [0.15, 0.2) is 5.82 Å². The van der Waals surface area contributed by atoms with Gasteiger partial charge in [-0.25, -0.2) is 9.97 Å². The normalized spacial score (nSPS) is 12.2. The maximum Gasteiger partial charge on any atom is 0.160 e. The summed E-state index contributed by atoms with van der Waals surface area (Å²) < 4.78 is 4.92. The Balaban J connectivity index is 1.07. The summed E-state index contributed by atoms with van der Waals surface area (Å²) in [6, 6.07) is 54.8. The van der Waals surface area contributed by atoms with Gasteiger partial charge in [-0.05, 0) is 89.0 Å². The molecule has 3 aromatic heterocycles. The molecule has 0 fully saturated rings. The van der Waals surface area contributed by atoms with Gasteiger partial charge in [0.2, 0.25) is 0 Å². The zero-order chi connectivity index (χ0) is 31.3. The van der Waals surface area contributed by atoms with Crippen molar-refractivity contribution in [3.63, 3.8) is 0 Å². The first-order valence-electron chi connectivity index (χ1n) is 16.2. The molecular weight excluding hydrogens is 603 g/mol. The number of aromatic nitrogens is 3. The van der Waals surface area contributed by atoms with E-state index in [1.54, 1.807) is 0 Å². The van der Waals surface area contributed by atoms with Gasteiger partial charge in [0, 0.05) is 53.1 Å². The molecule has 48 heavy (non-hydrogen) atoms. The van der Waals surface area contributed by atoms with Gasteiger partial charge in [0.05, 0.1) is 22.2 Å². The maximum atomic E-state index is 5.19. The molecule has 0 N–H and O–H groups in total. The third kappa shape index (κ3) is 3.63. The molecule has 1 aliphatic carbocycles.